The van der Waals surface area contributed by atoms with E-state index in [2.05, 4.69) is 4.72 Å². The van der Waals surface area contributed by atoms with E-state index in [1.165, 1.54) is 0 Å². The lowest BCUT2D eigenvalue weighted by Crippen LogP contribution is -2.42. The third-order valence-corrected chi connectivity index (χ3v) is 5.13. The van der Waals surface area contributed by atoms with Crippen molar-refractivity contribution in [3.05, 3.63) is 0 Å². The third kappa shape index (κ3) is 4.20. The number of hydrogen-bond donors (Lipinski definition) is 1. The van der Waals surface area contributed by atoms with Crippen LogP contribution in [0.2, 0.25) is 0 Å². The number of nitrogens with one attached hydrogen (secondary N) is 1. The Morgan fingerprint density at radius 3 is 2.56 bits per heavy atom. The SMILES string of the molecule is COCC(CCCl)NS(=O)(=O)C1CCCC1. The fourth-order valence-electron chi connectivity index (χ4n) is 2.04. The van der Waals surface area contributed by atoms with Crippen molar-refractivity contribution in [2.45, 2.75) is 43.4 Å². The lowest BCUT2D eigenvalue weighted by Gasteiger charge is -2.19. The second-order valence-electron chi connectivity index (χ2n) is 4.20. The zero-order valence-electron chi connectivity index (χ0n) is 9.62. The molecule has 0 spiro atoms. The Balaban J connectivity index is 2.54. The molecule has 4 nitrogen and oxygen atoms in total. The van der Waals surface area contributed by atoms with Gasteiger partial charge in [-0.05, 0) is 19.3 Å². The molecule has 6 heteroatoms. The van der Waals surface area contributed by atoms with Crippen LogP contribution in [0.1, 0.15) is 32.1 Å². The zero-order chi connectivity index (χ0) is 12.0. The van der Waals surface area contributed by atoms with Gasteiger partial charge in [-0.15, -0.1) is 11.6 Å². The van der Waals surface area contributed by atoms with Crippen LogP contribution in [0.15, 0.2) is 0 Å². The first-order valence-electron chi connectivity index (χ1n) is 5.66. The molecule has 0 saturated heterocycles. The van der Waals surface area contributed by atoms with Crippen molar-refractivity contribution in [2.75, 3.05) is 19.6 Å². The van der Waals surface area contributed by atoms with E-state index in [0.717, 1.165) is 25.7 Å². The number of sulfonamides is 1. The summed E-state index contributed by atoms with van der Waals surface area (Å²) >= 11 is 5.63. The highest BCUT2D eigenvalue weighted by atomic mass is 35.5. The quantitative estimate of drug-likeness (QED) is 0.713. The minimum atomic E-state index is -3.19. The van der Waals surface area contributed by atoms with Gasteiger partial charge in [-0.1, -0.05) is 12.8 Å². The number of halogens is 1. The lowest BCUT2D eigenvalue weighted by molar-refractivity contribution is 0.173. The molecule has 0 aromatic heterocycles. The molecule has 1 saturated carbocycles. The first-order valence-corrected chi connectivity index (χ1v) is 7.74. The smallest absolute Gasteiger partial charge is 0.214 e. The van der Waals surface area contributed by atoms with Gasteiger partial charge in [0.15, 0.2) is 0 Å². The van der Waals surface area contributed by atoms with Crippen LogP contribution in [0, 0.1) is 0 Å². The van der Waals surface area contributed by atoms with Crippen molar-refractivity contribution in [2.24, 2.45) is 0 Å². The molecule has 1 fully saturated rings. The number of ether oxygens (including phenoxy) is 1. The Kier molecular flexibility index (Phi) is 6.03. The van der Waals surface area contributed by atoms with Gasteiger partial charge in [0.25, 0.3) is 0 Å². The van der Waals surface area contributed by atoms with Crippen molar-refractivity contribution < 1.29 is 13.2 Å². The van der Waals surface area contributed by atoms with Gasteiger partial charge in [-0.3, -0.25) is 0 Å². The Labute approximate surface area is 103 Å². The van der Waals surface area contributed by atoms with Crippen LogP contribution < -0.4 is 4.72 Å². The molecule has 0 amide bonds. The van der Waals surface area contributed by atoms with E-state index in [1.54, 1.807) is 7.11 Å². The van der Waals surface area contributed by atoms with Gasteiger partial charge in [0.2, 0.25) is 10.0 Å². The Morgan fingerprint density at radius 2 is 2.06 bits per heavy atom. The maximum atomic E-state index is 12.0. The molecule has 0 radical (unpaired) electrons. The largest absolute Gasteiger partial charge is 0.383 e. The van der Waals surface area contributed by atoms with Crippen molar-refractivity contribution >= 4 is 21.6 Å². The van der Waals surface area contributed by atoms with Crippen LogP contribution >= 0.6 is 11.6 Å². The van der Waals surface area contributed by atoms with Crippen LogP contribution in [0.5, 0.6) is 0 Å². The lowest BCUT2D eigenvalue weighted by atomic mass is 10.3. The van der Waals surface area contributed by atoms with Gasteiger partial charge in [0.05, 0.1) is 11.9 Å². The van der Waals surface area contributed by atoms with Gasteiger partial charge in [0.1, 0.15) is 0 Å². The molecule has 96 valence electrons. The van der Waals surface area contributed by atoms with Gasteiger partial charge in [-0.2, -0.15) is 0 Å². The molecule has 1 N–H and O–H groups in total. The molecule has 1 unspecified atom stereocenters. The summed E-state index contributed by atoms with van der Waals surface area (Å²) in [6.07, 6.45) is 4.17. The highest BCUT2D eigenvalue weighted by Gasteiger charge is 2.30. The average Bonchev–Trinajstić information content (AvgIpc) is 2.71. The molecule has 0 aromatic carbocycles. The average molecular weight is 270 g/mol. The van der Waals surface area contributed by atoms with Crippen molar-refractivity contribution in [3.63, 3.8) is 0 Å². The van der Waals surface area contributed by atoms with Crippen LogP contribution in [-0.4, -0.2) is 39.3 Å². The monoisotopic (exact) mass is 269 g/mol. The first-order chi connectivity index (χ1) is 7.60. The molecule has 1 aliphatic rings. The van der Waals surface area contributed by atoms with Crippen molar-refractivity contribution in [1.29, 1.82) is 0 Å². The molecule has 16 heavy (non-hydrogen) atoms. The summed E-state index contributed by atoms with van der Waals surface area (Å²) in [5.74, 6) is 0.432. The molecule has 1 rings (SSSR count). The van der Waals surface area contributed by atoms with E-state index >= 15 is 0 Å². The van der Waals surface area contributed by atoms with E-state index < -0.39 is 10.0 Å². The summed E-state index contributed by atoms with van der Waals surface area (Å²) in [4.78, 5) is 0. The van der Waals surface area contributed by atoms with E-state index in [-0.39, 0.29) is 11.3 Å². The molecular weight excluding hydrogens is 250 g/mol. The number of hydrogen-bond acceptors (Lipinski definition) is 3. The predicted octanol–water partition coefficient (Wildman–Crippen LogP) is 1.49. The molecule has 0 aromatic rings. The van der Waals surface area contributed by atoms with Crippen molar-refractivity contribution in [3.8, 4) is 0 Å². The second kappa shape index (κ2) is 6.79. The molecule has 1 aliphatic carbocycles. The Hall–Kier alpha value is 0.160. The maximum absolute atomic E-state index is 12.0. The van der Waals surface area contributed by atoms with Crippen LogP contribution in [0.25, 0.3) is 0 Å². The number of rotatable bonds is 7. The third-order valence-electron chi connectivity index (χ3n) is 2.90. The van der Waals surface area contributed by atoms with E-state index in [9.17, 15) is 8.42 Å². The Bertz CT molecular complexity index is 282. The summed E-state index contributed by atoms with van der Waals surface area (Å²) < 4.78 is 31.6. The second-order valence-corrected chi connectivity index (χ2v) is 6.57. The maximum Gasteiger partial charge on any atom is 0.214 e. The predicted molar refractivity (Wildman–Crippen MR) is 65.3 cm³/mol. The van der Waals surface area contributed by atoms with E-state index in [4.69, 9.17) is 16.3 Å². The summed E-state index contributed by atoms with van der Waals surface area (Å²) in [6.45, 7) is 0.374. The topological polar surface area (TPSA) is 55.4 Å². The van der Waals surface area contributed by atoms with E-state index in [1.807, 2.05) is 0 Å². The molecular formula is C10H20ClNO3S. The van der Waals surface area contributed by atoms with Crippen LogP contribution in [0.3, 0.4) is 0 Å². The van der Waals surface area contributed by atoms with Gasteiger partial charge in [-0.25, -0.2) is 13.1 Å². The van der Waals surface area contributed by atoms with Gasteiger partial charge >= 0.3 is 0 Å². The van der Waals surface area contributed by atoms with Gasteiger partial charge in [0, 0.05) is 19.0 Å². The highest BCUT2D eigenvalue weighted by molar-refractivity contribution is 7.90. The standard InChI is InChI=1S/C10H20ClNO3S/c1-15-8-9(6-7-11)12-16(13,14)10-4-2-3-5-10/h9-10,12H,2-8H2,1H3. The first kappa shape index (κ1) is 14.2. The number of alkyl halides is 1. The molecule has 0 heterocycles. The normalized spacial score (nSPS) is 20.1. The van der Waals surface area contributed by atoms with Crippen molar-refractivity contribution in [1.82, 2.24) is 4.72 Å². The van der Waals surface area contributed by atoms with Gasteiger partial charge < -0.3 is 4.74 Å². The fourth-order valence-corrected chi connectivity index (χ4v) is 4.10. The summed E-state index contributed by atoms with van der Waals surface area (Å²) in [6, 6.07) is -0.201. The summed E-state index contributed by atoms with van der Waals surface area (Å²) in [5.41, 5.74) is 0. The van der Waals surface area contributed by atoms with E-state index in [0.29, 0.717) is 18.9 Å². The molecule has 1 atom stereocenters. The fraction of sp³-hybridized carbons (Fsp3) is 1.00. The Morgan fingerprint density at radius 1 is 1.44 bits per heavy atom. The molecule has 0 bridgehead atoms. The highest BCUT2D eigenvalue weighted by Crippen LogP contribution is 2.24. The van der Waals surface area contributed by atoms with Crippen LogP contribution in [0.4, 0.5) is 0 Å². The summed E-state index contributed by atoms with van der Waals surface area (Å²) in [5, 5.41) is -0.220. The minimum Gasteiger partial charge on any atom is -0.383 e. The minimum absolute atomic E-state index is 0.201. The molecule has 0 aliphatic heterocycles. The zero-order valence-corrected chi connectivity index (χ0v) is 11.2. The van der Waals surface area contributed by atoms with Crippen LogP contribution in [-0.2, 0) is 14.8 Å². The summed E-state index contributed by atoms with van der Waals surface area (Å²) in [7, 11) is -1.63. The number of methoxy groups -OCH3 is 1.